The standard InChI is InChI=1S/C17H20ClFN2/c1-3-21(14-9-7-13(19)8-10-14)17-6-4-5-16(18)15(17)11-12(2)20/h4-10,12H,3,11,20H2,1-2H3. The van der Waals surface area contributed by atoms with Gasteiger partial charge in [-0.05, 0) is 62.2 Å². The third kappa shape index (κ3) is 3.74. The third-order valence-corrected chi connectivity index (χ3v) is 3.72. The van der Waals surface area contributed by atoms with E-state index in [1.807, 2.05) is 25.1 Å². The molecule has 0 aliphatic heterocycles. The van der Waals surface area contributed by atoms with Gasteiger partial charge in [0, 0.05) is 29.0 Å². The van der Waals surface area contributed by atoms with E-state index in [0.717, 1.165) is 23.5 Å². The minimum Gasteiger partial charge on any atom is -0.341 e. The van der Waals surface area contributed by atoms with Crippen molar-refractivity contribution < 1.29 is 4.39 Å². The fourth-order valence-corrected chi connectivity index (χ4v) is 2.68. The fraction of sp³-hybridized carbons (Fsp3) is 0.294. The first-order valence-corrected chi connectivity index (χ1v) is 7.46. The van der Waals surface area contributed by atoms with E-state index in [4.69, 9.17) is 17.3 Å². The predicted molar refractivity (Wildman–Crippen MR) is 87.9 cm³/mol. The predicted octanol–water partition coefficient (Wildman–Crippen LogP) is 4.53. The van der Waals surface area contributed by atoms with E-state index in [1.54, 1.807) is 12.1 Å². The van der Waals surface area contributed by atoms with E-state index in [2.05, 4.69) is 11.8 Å². The molecule has 2 aromatic carbocycles. The monoisotopic (exact) mass is 306 g/mol. The minimum atomic E-state index is -0.239. The zero-order chi connectivity index (χ0) is 15.4. The molecule has 0 radical (unpaired) electrons. The number of rotatable bonds is 5. The molecule has 1 atom stereocenters. The average molecular weight is 307 g/mol. The molecule has 0 saturated heterocycles. The Bertz CT molecular complexity index is 596. The molecule has 21 heavy (non-hydrogen) atoms. The van der Waals surface area contributed by atoms with Crippen molar-refractivity contribution in [2.24, 2.45) is 5.73 Å². The van der Waals surface area contributed by atoms with Gasteiger partial charge in [-0.2, -0.15) is 0 Å². The molecule has 0 bridgehead atoms. The van der Waals surface area contributed by atoms with Gasteiger partial charge in [0.05, 0.1) is 0 Å². The maximum atomic E-state index is 13.1. The van der Waals surface area contributed by atoms with Crippen molar-refractivity contribution in [3.8, 4) is 0 Å². The summed E-state index contributed by atoms with van der Waals surface area (Å²) in [6.45, 7) is 4.78. The molecule has 2 aromatic rings. The van der Waals surface area contributed by atoms with E-state index >= 15 is 0 Å². The Kier molecular flexibility index (Phi) is 5.21. The normalized spacial score (nSPS) is 12.2. The van der Waals surface area contributed by atoms with Crippen molar-refractivity contribution in [2.75, 3.05) is 11.4 Å². The molecular formula is C17H20ClFN2. The molecule has 0 fully saturated rings. The summed E-state index contributed by atoms with van der Waals surface area (Å²) in [5, 5.41) is 0.713. The number of nitrogens with zero attached hydrogens (tertiary/aromatic N) is 1. The van der Waals surface area contributed by atoms with Crippen molar-refractivity contribution in [1.82, 2.24) is 0 Å². The molecule has 0 spiro atoms. The lowest BCUT2D eigenvalue weighted by molar-refractivity contribution is 0.628. The summed E-state index contributed by atoms with van der Waals surface area (Å²) in [4.78, 5) is 2.11. The zero-order valence-corrected chi connectivity index (χ0v) is 13.1. The Balaban J connectivity index is 2.47. The largest absolute Gasteiger partial charge is 0.341 e. The van der Waals surface area contributed by atoms with Crippen LogP contribution >= 0.6 is 11.6 Å². The summed E-state index contributed by atoms with van der Waals surface area (Å²) in [5.74, 6) is -0.239. The quantitative estimate of drug-likeness (QED) is 0.879. The zero-order valence-electron chi connectivity index (χ0n) is 12.3. The average Bonchev–Trinajstić information content (AvgIpc) is 2.45. The van der Waals surface area contributed by atoms with Crippen LogP contribution in [0.15, 0.2) is 42.5 Å². The Morgan fingerprint density at radius 3 is 2.43 bits per heavy atom. The van der Waals surface area contributed by atoms with Gasteiger partial charge in [0.1, 0.15) is 5.82 Å². The number of hydrogen-bond acceptors (Lipinski definition) is 2. The van der Waals surface area contributed by atoms with Crippen LogP contribution in [0.25, 0.3) is 0 Å². The summed E-state index contributed by atoms with van der Waals surface area (Å²) in [5.41, 5.74) is 8.92. The molecule has 0 heterocycles. The molecular weight excluding hydrogens is 287 g/mol. The smallest absolute Gasteiger partial charge is 0.123 e. The van der Waals surface area contributed by atoms with Gasteiger partial charge in [0.25, 0.3) is 0 Å². The summed E-state index contributed by atoms with van der Waals surface area (Å²) in [7, 11) is 0. The highest BCUT2D eigenvalue weighted by Gasteiger charge is 2.15. The second-order valence-corrected chi connectivity index (χ2v) is 5.55. The van der Waals surface area contributed by atoms with Crippen LogP contribution in [0.4, 0.5) is 15.8 Å². The molecule has 4 heteroatoms. The van der Waals surface area contributed by atoms with Crippen LogP contribution < -0.4 is 10.6 Å². The topological polar surface area (TPSA) is 29.3 Å². The first-order chi connectivity index (χ1) is 10.0. The highest BCUT2D eigenvalue weighted by molar-refractivity contribution is 6.31. The second-order valence-electron chi connectivity index (χ2n) is 5.14. The Morgan fingerprint density at radius 1 is 1.19 bits per heavy atom. The van der Waals surface area contributed by atoms with Crippen LogP contribution in [0, 0.1) is 5.82 Å². The lowest BCUT2D eigenvalue weighted by Gasteiger charge is -2.27. The Labute approximate surface area is 130 Å². The fourth-order valence-electron chi connectivity index (χ4n) is 2.44. The van der Waals surface area contributed by atoms with E-state index in [1.165, 1.54) is 12.1 Å². The highest BCUT2D eigenvalue weighted by Crippen LogP contribution is 2.33. The molecule has 0 aliphatic carbocycles. The van der Waals surface area contributed by atoms with Gasteiger partial charge < -0.3 is 10.6 Å². The number of halogens is 2. The van der Waals surface area contributed by atoms with Crippen LogP contribution in [0.3, 0.4) is 0 Å². The van der Waals surface area contributed by atoms with E-state index in [-0.39, 0.29) is 11.9 Å². The summed E-state index contributed by atoms with van der Waals surface area (Å²) in [6, 6.07) is 12.3. The Hall–Kier alpha value is -1.58. The van der Waals surface area contributed by atoms with Gasteiger partial charge in [-0.1, -0.05) is 17.7 Å². The van der Waals surface area contributed by atoms with Crippen molar-refractivity contribution in [3.05, 3.63) is 58.9 Å². The maximum absolute atomic E-state index is 13.1. The highest BCUT2D eigenvalue weighted by atomic mass is 35.5. The van der Waals surface area contributed by atoms with Crippen LogP contribution in [0.5, 0.6) is 0 Å². The van der Waals surface area contributed by atoms with E-state index in [0.29, 0.717) is 11.4 Å². The Morgan fingerprint density at radius 2 is 1.86 bits per heavy atom. The van der Waals surface area contributed by atoms with Gasteiger partial charge in [-0.25, -0.2) is 4.39 Å². The molecule has 0 amide bonds. The van der Waals surface area contributed by atoms with Gasteiger partial charge in [0.2, 0.25) is 0 Å². The lowest BCUT2D eigenvalue weighted by atomic mass is 10.0. The minimum absolute atomic E-state index is 0.0237. The molecule has 2 nitrogen and oxygen atoms in total. The number of hydrogen-bond donors (Lipinski definition) is 1. The van der Waals surface area contributed by atoms with Crippen molar-refractivity contribution in [2.45, 2.75) is 26.3 Å². The molecule has 2 N–H and O–H groups in total. The first kappa shape index (κ1) is 15.8. The van der Waals surface area contributed by atoms with Crippen LogP contribution in [-0.4, -0.2) is 12.6 Å². The van der Waals surface area contributed by atoms with Crippen molar-refractivity contribution in [1.29, 1.82) is 0 Å². The summed E-state index contributed by atoms with van der Waals surface area (Å²) < 4.78 is 13.1. The van der Waals surface area contributed by atoms with Gasteiger partial charge in [0.15, 0.2) is 0 Å². The maximum Gasteiger partial charge on any atom is 0.123 e. The van der Waals surface area contributed by atoms with Gasteiger partial charge in [-0.3, -0.25) is 0 Å². The molecule has 0 aliphatic rings. The van der Waals surface area contributed by atoms with Gasteiger partial charge >= 0.3 is 0 Å². The van der Waals surface area contributed by atoms with E-state index < -0.39 is 0 Å². The van der Waals surface area contributed by atoms with Gasteiger partial charge in [-0.15, -0.1) is 0 Å². The third-order valence-electron chi connectivity index (χ3n) is 3.37. The van der Waals surface area contributed by atoms with Crippen LogP contribution in [0.2, 0.25) is 5.02 Å². The van der Waals surface area contributed by atoms with Crippen LogP contribution in [0.1, 0.15) is 19.4 Å². The molecule has 1 unspecified atom stereocenters. The first-order valence-electron chi connectivity index (χ1n) is 7.09. The molecule has 2 rings (SSSR count). The summed E-state index contributed by atoms with van der Waals surface area (Å²) >= 11 is 6.34. The molecule has 0 aromatic heterocycles. The second kappa shape index (κ2) is 6.92. The number of anilines is 2. The van der Waals surface area contributed by atoms with E-state index in [9.17, 15) is 4.39 Å². The molecule has 112 valence electrons. The summed E-state index contributed by atoms with van der Waals surface area (Å²) in [6.07, 6.45) is 0.701. The van der Waals surface area contributed by atoms with Crippen molar-refractivity contribution in [3.63, 3.8) is 0 Å². The van der Waals surface area contributed by atoms with Crippen LogP contribution in [-0.2, 0) is 6.42 Å². The number of nitrogens with two attached hydrogens (primary N) is 1. The molecule has 0 saturated carbocycles. The van der Waals surface area contributed by atoms with Crippen molar-refractivity contribution >= 4 is 23.0 Å². The lowest BCUT2D eigenvalue weighted by Crippen LogP contribution is -2.22. The SMILES string of the molecule is CCN(c1ccc(F)cc1)c1cccc(Cl)c1CC(C)N. The number of benzene rings is 2.